The Bertz CT molecular complexity index is 576. The number of nitrogens with two attached hydrogens (primary N) is 1. The molecule has 0 aliphatic heterocycles. The minimum Gasteiger partial charge on any atom is -0.397 e. The average Bonchev–Trinajstić information content (AvgIpc) is 2.44. The van der Waals surface area contributed by atoms with E-state index in [0.29, 0.717) is 11.4 Å². The largest absolute Gasteiger partial charge is 0.397 e. The fourth-order valence-corrected chi connectivity index (χ4v) is 2.03. The van der Waals surface area contributed by atoms with Gasteiger partial charge in [0.25, 0.3) is 0 Å². The zero-order valence-electron chi connectivity index (χ0n) is 11.8. The maximum Gasteiger partial charge on any atom is 0.243 e. The van der Waals surface area contributed by atoms with Gasteiger partial charge in [0.1, 0.15) is 0 Å². The van der Waals surface area contributed by atoms with Crippen molar-refractivity contribution >= 4 is 23.0 Å². The standard InChI is InChI=1S/C16H19N3O/c1-12-7-6-10-14(17)16(12)18-15(20)11-19(2)13-8-4-3-5-9-13/h3-10H,11,17H2,1-2H3,(H,18,20). The number of nitrogens with zero attached hydrogens (tertiary/aromatic N) is 1. The summed E-state index contributed by atoms with van der Waals surface area (Å²) in [4.78, 5) is 14.0. The highest BCUT2D eigenvalue weighted by Gasteiger charge is 2.10. The second-order valence-corrected chi connectivity index (χ2v) is 4.78. The molecule has 3 N–H and O–H groups in total. The molecule has 2 aromatic carbocycles. The quantitative estimate of drug-likeness (QED) is 0.839. The molecule has 0 saturated carbocycles. The van der Waals surface area contributed by atoms with Gasteiger partial charge in [-0.25, -0.2) is 0 Å². The summed E-state index contributed by atoms with van der Waals surface area (Å²) >= 11 is 0. The van der Waals surface area contributed by atoms with Crippen molar-refractivity contribution in [3.63, 3.8) is 0 Å². The summed E-state index contributed by atoms with van der Waals surface area (Å²) in [6, 6.07) is 15.4. The van der Waals surface area contributed by atoms with Crippen LogP contribution in [0.15, 0.2) is 48.5 Å². The summed E-state index contributed by atoms with van der Waals surface area (Å²) in [5.41, 5.74) is 9.12. The molecule has 0 saturated heterocycles. The third kappa shape index (κ3) is 3.29. The van der Waals surface area contributed by atoms with Crippen molar-refractivity contribution < 1.29 is 4.79 Å². The maximum absolute atomic E-state index is 12.1. The van der Waals surface area contributed by atoms with Gasteiger partial charge in [0.2, 0.25) is 5.91 Å². The molecule has 2 rings (SSSR count). The first-order valence-electron chi connectivity index (χ1n) is 6.49. The number of para-hydroxylation sites is 2. The lowest BCUT2D eigenvalue weighted by Crippen LogP contribution is -2.30. The number of carbonyl (C=O) groups is 1. The van der Waals surface area contributed by atoms with Gasteiger partial charge >= 0.3 is 0 Å². The first-order valence-corrected chi connectivity index (χ1v) is 6.49. The second kappa shape index (κ2) is 6.10. The Hall–Kier alpha value is -2.49. The summed E-state index contributed by atoms with van der Waals surface area (Å²) in [6.45, 7) is 2.20. The summed E-state index contributed by atoms with van der Waals surface area (Å²) in [6.07, 6.45) is 0. The molecule has 0 fully saturated rings. The van der Waals surface area contributed by atoms with Crippen LogP contribution >= 0.6 is 0 Å². The Balaban J connectivity index is 2.03. The molecule has 0 aliphatic carbocycles. The van der Waals surface area contributed by atoms with E-state index in [0.717, 1.165) is 11.3 Å². The SMILES string of the molecule is Cc1cccc(N)c1NC(=O)CN(C)c1ccccc1. The van der Waals surface area contributed by atoms with Gasteiger partial charge in [0, 0.05) is 12.7 Å². The normalized spacial score (nSPS) is 10.1. The number of amides is 1. The third-order valence-corrected chi connectivity index (χ3v) is 3.15. The number of nitrogen functional groups attached to an aromatic ring is 1. The van der Waals surface area contributed by atoms with Gasteiger partial charge in [-0.2, -0.15) is 0 Å². The van der Waals surface area contributed by atoms with Crippen molar-refractivity contribution in [2.24, 2.45) is 0 Å². The highest BCUT2D eigenvalue weighted by atomic mass is 16.2. The summed E-state index contributed by atoms with van der Waals surface area (Å²) in [5, 5.41) is 2.87. The first-order chi connectivity index (χ1) is 9.58. The van der Waals surface area contributed by atoms with Crippen molar-refractivity contribution in [2.75, 3.05) is 29.5 Å². The Kier molecular flexibility index (Phi) is 4.25. The van der Waals surface area contributed by atoms with Gasteiger partial charge in [-0.3, -0.25) is 4.79 Å². The smallest absolute Gasteiger partial charge is 0.243 e. The number of hydrogen-bond acceptors (Lipinski definition) is 3. The van der Waals surface area contributed by atoms with Gasteiger partial charge in [0.05, 0.1) is 17.9 Å². The Morgan fingerprint density at radius 3 is 2.50 bits per heavy atom. The number of benzene rings is 2. The fraction of sp³-hybridized carbons (Fsp3) is 0.188. The Morgan fingerprint density at radius 1 is 1.15 bits per heavy atom. The van der Waals surface area contributed by atoms with E-state index in [1.54, 1.807) is 6.07 Å². The number of hydrogen-bond donors (Lipinski definition) is 2. The number of likely N-dealkylation sites (N-methyl/N-ethyl adjacent to an activating group) is 1. The zero-order valence-corrected chi connectivity index (χ0v) is 11.8. The predicted molar refractivity (Wildman–Crippen MR) is 83.9 cm³/mol. The molecule has 0 spiro atoms. The van der Waals surface area contributed by atoms with E-state index in [9.17, 15) is 4.79 Å². The van der Waals surface area contributed by atoms with Crippen molar-refractivity contribution in [1.82, 2.24) is 0 Å². The Labute approximate surface area is 119 Å². The number of rotatable bonds is 4. The fourth-order valence-electron chi connectivity index (χ4n) is 2.03. The second-order valence-electron chi connectivity index (χ2n) is 4.78. The lowest BCUT2D eigenvalue weighted by Gasteiger charge is -2.19. The molecule has 4 heteroatoms. The van der Waals surface area contributed by atoms with E-state index in [2.05, 4.69) is 5.32 Å². The van der Waals surface area contributed by atoms with E-state index >= 15 is 0 Å². The van der Waals surface area contributed by atoms with Crippen LogP contribution in [0, 0.1) is 6.92 Å². The minimum absolute atomic E-state index is 0.0858. The highest BCUT2D eigenvalue weighted by molar-refractivity contribution is 5.97. The van der Waals surface area contributed by atoms with Gasteiger partial charge in [0.15, 0.2) is 0 Å². The summed E-state index contributed by atoms with van der Waals surface area (Å²) < 4.78 is 0. The van der Waals surface area contributed by atoms with Gasteiger partial charge < -0.3 is 16.0 Å². The molecule has 0 radical (unpaired) electrons. The summed E-state index contributed by atoms with van der Waals surface area (Å²) in [5.74, 6) is -0.0858. The summed E-state index contributed by atoms with van der Waals surface area (Å²) in [7, 11) is 1.89. The van der Waals surface area contributed by atoms with Crippen LogP contribution in [0.3, 0.4) is 0 Å². The van der Waals surface area contributed by atoms with Crippen LogP contribution in [0.25, 0.3) is 0 Å². The molecule has 0 heterocycles. The monoisotopic (exact) mass is 269 g/mol. The maximum atomic E-state index is 12.1. The van der Waals surface area contributed by atoms with Crippen molar-refractivity contribution in [3.8, 4) is 0 Å². The molecule has 0 aromatic heterocycles. The molecular weight excluding hydrogens is 250 g/mol. The lowest BCUT2D eigenvalue weighted by molar-refractivity contribution is -0.114. The number of aryl methyl sites for hydroxylation is 1. The van der Waals surface area contributed by atoms with Crippen molar-refractivity contribution in [3.05, 3.63) is 54.1 Å². The molecule has 0 atom stereocenters. The van der Waals surface area contributed by atoms with Crippen molar-refractivity contribution in [1.29, 1.82) is 0 Å². The number of nitrogens with one attached hydrogen (secondary N) is 1. The van der Waals surface area contributed by atoms with E-state index in [1.807, 2.05) is 61.3 Å². The van der Waals surface area contributed by atoms with Crippen LogP contribution in [0.1, 0.15) is 5.56 Å². The van der Waals surface area contributed by atoms with Crippen LogP contribution in [0.5, 0.6) is 0 Å². The van der Waals surface area contributed by atoms with Crippen LogP contribution < -0.4 is 16.0 Å². The van der Waals surface area contributed by atoms with Gasteiger partial charge in [-0.1, -0.05) is 30.3 Å². The molecule has 104 valence electrons. The van der Waals surface area contributed by atoms with E-state index in [1.165, 1.54) is 0 Å². The van der Waals surface area contributed by atoms with Gasteiger partial charge in [-0.15, -0.1) is 0 Å². The average molecular weight is 269 g/mol. The van der Waals surface area contributed by atoms with E-state index in [-0.39, 0.29) is 12.5 Å². The molecular formula is C16H19N3O. The molecule has 1 amide bonds. The number of carbonyl (C=O) groups excluding carboxylic acids is 1. The van der Waals surface area contributed by atoms with E-state index < -0.39 is 0 Å². The number of anilines is 3. The third-order valence-electron chi connectivity index (χ3n) is 3.15. The van der Waals surface area contributed by atoms with Crippen molar-refractivity contribution in [2.45, 2.75) is 6.92 Å². The molecule has 20 heavy (non-hydrogen) atoms. The molecule has 0 aliphatic rings. The first kappa shape index (κ1) is 13.9. The zero-order chi connectivity index (χ0) is 14.5. The lowest BCUT2D eigenvalue weighted by atomic mass is 10.1. The Morgan fingerprint density at radius 2 is 1.85 bits per heavy atom. The molecule has 2 aromatic rings. The molecule has 4 nitrogen and oxygen atoms in total. The van der Waals surface area contributed by atoms with Gasteiger partial charge in [-0.05, 0) is 30.7 Å². The van der Waals surface area contributed by atoms with Crippen LogP contribution in [0.2, 0.25) is 0 Å². The highest BCUT2D eigenvalue weighted by Crippen LogP contribution is 2.22. The van der Waals surface area contributed by atoms with Crippen LogP contribution in [0.4, 0.5) is 17.1 Å². The molecule has 0 unspecified atom stereocenters. The topological polar surface area (TPSA) is 58.4 Å². The van der Waals surface area contributed by atoms with Crippen LogP contribution in [-0.2, 0) is 4.79 Å². The molecule has 0 bridgehead atoms. The van der Waals surface area contributed by atoms with Crippen LogP contribution in [-0.4, -0.2) is 19.5 Å². The minimum atomic E-state index is -0.0858. The van der Waals surface area contributed by atoms with E-state index in [4.69, 9.17) is 5.73 Å². The predicted octanol–water partition coefficient (Wildman–Crippen LogP) is 2.65.